The fraction of sp³-hybridized carbons (Fsp3) is 0.302. The van der Waals surface area contributed by atoms with Crippen molar-refractivity contribution >= 4 is 61.4 Å². The van der Waals surface area contributed by atoms with E-state index in [-0.39, 0.29) is 21.1 Å². The Labute approximate surface area is 405 Å². The second-order valence-electron chi connectivity index (χ2n) is 23.2. The lowest BCUT2D eigenvalue weighted by molar-refractivity contribution is -0.603. The first kappa shape index (κ1) is 40.9. The summed E-state index contributed by atoms with van der Waals surface area (Å²) in [5.41, 5.74) is 29.6. The van der Waals surface area contributed by atoms with Crippen LogP contribution in [0.1, 0.15) is 121 Å². The second kappa shape index (κ2) is 12.9. The monoisotopic (exact) mass is 904 g/mol. The first-order valence-corrected chi connectivity index (χ1v) is 25.7. The van der Waals surface area contributed by atoms with Crippen molar-refractivity contribution in [3.63, 3.8) is 0 Å². The summed E-state index contributed by atoms with van der Waals surface area (Å²) in [5.74, 6) is 1.23. The van der Waals surface area contributed by atoms with E-state index in [1.54, 1.807) is 5.56 Å². The van der Waals surface area contributed by atoms with Crippen molar-refractivity contribution in [3.8, 4) is 16.9 Å². The number of hydrogen-bond donors (Lipinski definition) is 0. The van der Waals surface area contributed by atoms with Gasteiger partial charge in [-0.05, 0) is 162 Å². The van der Waals surface area contributed by atoms with Gasteiger partial charge < -0.3 is 4.90 Å². The summed E-state index contributed by atoms with van der Waals surface area (Å²) >= 11 is 2.14. The summed E-state index contributed by atoms with van der Waals surface area (Å²) in [5, 5.41) is 4.08. The third kappa shape index (κ3) is 4.84. The fourth-order valence-corrected chi connectivity index (χ4v) is 15.8. The number of pyridine rings is 1. The van der Waals surface area contributed by atoms with E-state index in [1.807, 2.05) is 0 Å². The zero-order valence-corrected chi connectivity index (χ0v) is 42.5. The first-order chi connectivity index (χ1) is 32.4. The molecule has 0 fully saturated rings. The number of rotatable bonds is 1. The van der Waals surface area contributed by atoms with E-state index < -0.39 is 0 Å². The Bertz CT molecular complexity index is 3770. The molecule has 0 amide bonds. The molecular formula is C63H60N4S+2. The molecular weight excluding hydrogens is 845 g/mol. The van der Waals surface area contributed by atoms with E-state index in [1.165, 1.54) is 139 Å². The Morgan fingerprint density at radius 3 is 2.19 bits per heavy atom. The molecule has 6 aromatic carbocycles. The zero-order valence-electron chi connectivity index (χ0n) is 41.7. The summed E-state index contributed by atoms with van der Waals surface area (Å²) in [6, 6.07) is 41.0. The highest BCUT2D eigenvalue weighted by atomic mass is 32.2. The summed E-state index contributed by atoms with van der Waals surface area (Å²) in [4.78, 5) is 2.76. The highest BCUT2D eigenvalue weighted by Crippen LogP contribution is 2.65. The maximum Gasteiger partial charge on any atom is 0.292 e. The molecule has 1 aliphatic carbocycles. The van der Waals surface area contributed by atoms with Crippen LogP contribution in [0.4, 0.5) is 17.1 Å². The molecule has 0 unspecified atom stereocenters. The van der Waals surface area contributed by atoms with Crippen molar-refractivity contribution < 1.29 is 9.14 Å². The van der Waals surface area contributed by atoms with Crippen LogP contribution >= 0.6 is 11.8 Å². The fourth-order valence-electron chi connectivity index (χ4n) is 14.1. The molecule has 8 bridgehead atoms. The Morgan fingerprint density at radius 1 is 0.647 bits per heavy atom. The standard InChI is InChI=1S/C63H60N4S/c1-34-20-23-50-41(26-34)43-30-49-58-45-32-53(64-25-24-40(60(6,7)8)29-55(64)66(50)57(43)45)54-31-42-44(59-67(54)62(11)33-46-38(5)35(2)21-22-47(46)63(62,12)68-59)27-39(56-36(3)16-15-17-37(56)4)28-52(42)65(58)51-19-14-13-18-48(51)61(49,9)10/h13-30H,31-33H2,1-12H3/q+2/t62-,63+/m1/s1. The van der Waals surface area contributed by atoms with E-state index in [0.29, 0.717) is 0 Å². The third-order valence-electron chi connectivity index (χ3n) is 18.0. The number of fused-ring (bicyclic) bond motifs is 8. The van der Waals surface area contributed by atoms with Gasteiger partial charge in [-0.25, -0.2) is 0 Å². The number of aromatic nitrogens is 2. The van der Waals surface area contributed by atoms with Gasteiger partial charge in [-0.2, -0.15) is 13.7 Å². The van der Waals surface area contributed by atoms with Crippen LogP contribution in [0.2, 0.25) is 0 Å². The van der Waals surface area contributed by atoms with E-state index in [0.717, 1.165) is 19.3 Å². The van der Waals surface area contributed by atoms with Gasteiger partial charge in [0.05, 0.1) is 35.2 Å². The summed E-state index contributed by atoms with van der Waals surface area (Å²) < 4.78 is 8.05. The van der Waals surface area contributed by atoms with Gasteiger partial charge in [0, 0.05) is 53.1 Å². The van der Waals surface area contributed by atoms with Crippen LogP contribution in [0.3, 0.4) is 0 Å². The lowest BCUT2D eigenvalue weighted by Gasteiger charge is -2.43. The molecule has 7 heterocycles. The van der Waals surface area contributed by atoms with Crippen molar-refractivity contribution in [1.82, 2.24) is 4.57 Å². The molecule has 4 nitrogen and oxygen atoms in total. The molecule has 336 valence electrons. The van der Waals surface area contributed by atoms with Crippen LogP contribution in [0, 0.1) is 34.6 Å². The van der Waals surface area contributed by atoms with Crippen molar-refractivity contribution in [2.75, 3.05) is 4.90 Å². The van der Waals surface area contributed by atoms with Gasteiger partial charge in [0.2, 0.25) is 10.7 Å². The molecule has 6 aliphatic rings. The molecule has 14 rings (SSSR count). The minimum Gasteiger partial charge on any atom is -0.309 e. The molecule has 0 radical (unpaired) electrons. The van der Waals surface area contributed by atoms with Crippen LogP contribution in [-0.4, -0.2) is 19.7 Å². The highest BCUT2D eigenvalue weighted by Gasteiger charge is 2.69. The second-order valence-corrected chi connectivity index (χ2v) is 24.6. The number of para-hydroxylation sites is 1. The lowest BCUT2D eigenvalue weighted by Crippen LogP contribution is -2.50. The quantitative estimate of drug-likeness (QED) is 0.153. The molecule has 0 N–H and O–H groups in total. The van der Waals surface area contributed by atoms with E-state index in [2.05, 4.69) is 223 Å². The Hall–Kier alpha value is -6.17. The number of thioether (sulfide) groups is 1. The van der Waals surface area contributed by atoms with Gasteiger partial charge in [0.15, 0.2) is 11.2 Å². The van der Waals surface area contributed by atoms with Gasteiger partial charge in [-0.1, -0.05) is 94.8 Å². The topological polar surface area (TPSA) is 15.1 Å². The van der Waals surface area contributed by atoms with E-state index >= 15 is 0 Å². The number of allylic oxidation sites excluding steroid dienone is 2. The average Bonchev–Trinajstić information content (AvgIpc) is 3.79. The molecule has 0 saturated carbocycles. The number of hydrogen-bond acceptors (Lipinski definition) is 2. The number of nitrogens with zero attached hydrogens (tertiary/aromatic N) is 4. The summed E-state index contributed by atoms with van der Waals surface area (Å²) in [6.07, 6.45) is 5.07. The van der Waals surface area contributed by atoms with Crippen molar-refractivity contribution in [2.24, 2.45) is 0 Å². The highest BCUT2D eigenvalue weighted by molar-refractivity contribution is 8.15. The van der Waals surface area contributed by atoms with E-state index in [4.69, 9.17) is 0 Å². The van der Waals surface area contributed by atoms with Crippen LogP contribution < -0.4 is 9.47 Å². The Kier molecular flexibility index (Phi) is 7.76. The van der Waals surface area contributed by atoms with Gasteiger partial charge in [0.25, 0.3) is 5.82 Å². The average molecular weight is 905 g/mol. The van der Waals surface area contributed by atoms with Crippen LogP contribution in [0.15, 0.2) is 115 Å². The molecule has 8 aromatic rings. The zero-order chi connectivity index (χ0) is 46.9. The van der Waals surface area contributed by atoms with Crippen LogP contribution in [0.25, 0.3) is 44.4 Å². The van der Waals surface area contributed by atoms with Crippen molar-refractivity contribution in [3.05, 3.63) is 187 Å². The molecule has 5 heteroatoms. The summed E-state index contributed by atoms with van der Waals surface area (Å²) in [7, 11) is 0. The minimum absolute atomic E-state index is 0.0399. The first-order valence-electron chi connectivity index (χ1n) is 24.9. The molecule has 0 spiro atoms. The number of aryl methyl sites for hydroxylation is 4. The largest absolute Gasteiger partial charge is 0.309 e. The number of anilines is 3. The third-order valence-corrected chi connectivity index (χ3v) is 19.7. The maximum absolute atomic E-state index is 2.92. The predicted molar refractivity (Wildman–Crippen MR) is 284 cm³/mol. The molecule has 2 atom stereocenters. The number of benzene rings is 6. The van der Waals surface area contributed by atoms with Gasteiger partial charge in [-0.3, -0.25) is 0 Å². The SMILES string of the molecule is Cc1ccc2c(c1)c1cc3c4c5c1n2-c1cc(C(C)(C)C)cc[n+]1C(=C1Cc2c(cc(-c6c(C)cccc6C)cc2N4c2ccccc2C3(C)C)C2=[N+]1[C@]1(C)Cc3c(ccc(C)c3C)[C@]1(C)S2)C5. The van der Waals surface area contributed by atoms with E-state index in [9.17, 15) is 0 Å². The van der Waals surface area contributed by atoms with Crippen molar-refractivity contribution in [2.45, 2.75) is 123 Å². The molecule has 2 aromatic heterocycles. The van der Waals surface area contributed by atoms with Gasteiger partial charge in [-0.15, -0.1) is 0 Å². The van der Waals surface area contributed by atoms with Crippen LogP contribution in [-0.2, 0) is 34.8 Å². The van der Waals surface area contributed by atoms with Crippen molar-refractivity contribution in [1.29, 1.82) is 0 Å². The van der Waals surface area contributed by atoms with Gasteiger partial charge in [0.1, 0.15) is 15.8 Å². The normalized spacial score (nSPS) is 21.1. The Balaban J connectivity index is 1.22. The molecule has 68 heavy (non-hydrogen) atoms. The molecule has 5 aliphatic heterocycles. The summed E-state index contributed by atoms with van der Waals surface area (Å²) in [6.45, 7) is 28.7. The van der Waals surface area contributed by atoms with Gasteiger partial charge >= 0.3 is 0 Å². The smallest absolute Gasteiger partial charge is 0.292 e. The Morgan fingerprint density at radius 2 is 1.41 bits per heavy atom. The lowest BCUT2D eigenvalue weighted by atomic mass is 9.72. The molecule has 0 saturated heterocycles. The maximum atomic E-state index is 2.92. The van der Waals surface area contributed by atoms with Crippen LogP contribution in [0.5, 0.6) is 0 Å². The minimum atomic E-state index is -0.267. The predicted octanol–water partition coefficient (Wildman–Crippen LogP) is 14.7.